The summed E-state index contributed by atoms with van der Waals surface area (Å²) in [6, 6.07) is 25.3. The number of aromatic nitrogens is 1. The highest BCUT2D eigenvalue weighted by atomic mass is 16.5. The van der Waals surface area contributed by atoms with Gasteiger partial charge in [0.05, 0.1) is 6.54 Å². The lowest BCUT2D eigenvalue weighted by molar-refractivity contribution is -0.144. The van der Waals surface area contributed by atoms with Crippen LogP contribution in [0.25, 0.3) is 10.9 Å². The molecule has 0 saturated heterocycles. The number of carbonyl (C=O) groups is 4. The van der Waals surface area contributed by atoms with Crippen LogP contribution in [0.5, 0.6) is 0 Å². The van der Waals surface area contributed by atoms with Crippen LogP contribution in [0.3, 0.4) is 0 Å². The molecule has 0 spiro atoms. The minimum atomic E-state index is -0.812. The zero-order chi connectivity index (χ0) is 31.6. The Bertz CT molecular complexity index is 1620. The van der Waals surface area contributed by atoms with Gasteiger partial charge in [-0.1, -0.05) is 78.9 Å². The van der Waals surface area contributed by atoms with Crippen LogP contribution in [-0.4, -0.2) is 52.3 Å². The molecular formula is C35H39N5O5. The van der Waals surface area contributed by atoms with Crippen molar-refractivity contribution in [1.82, 2.24) is 25.8 Å². The normalized spacial score (nSPS) is 15.1. The van der Waals surface area contributed by atoms with E-state index in [1.807, 2.05) is 84.9 Å². The zero-order valence-corrected chi connectivity index (χ0v) is 25.4. The number of alkyl carbamates (subject to hydrolysis) is 1. The number of H-pyrrole nitrogens is 1. The minimum absolute atomic E-state index is 0.179. The van der Waals surface area contributed by atoms with E-state index in [1.54, 1.807) is 4.90 Å². The number of nitrogens with one attached hydrogen (secondary N) is 4. The number of aromatic amines is 1. The molecule has 1 aromatic heterocycles. The Hall–Kier alpha value is -5.12. The monoisotopic (exact) mass is 609 g/mol. The van der Waals surface area contributed by atoms with Crippen LogP contribution < -0.4 is 16.0 Å². The van der Waals surface area contributed by atoms with Crippen LogP contribution >= 0.6 is 0 Å². The van der Waals surface area contributed by atoms with E-state index in [-0.39, 0.29) is 30.9 Å². The molecule has 4 aromatic rings. The maximum Gasteiger partial charge on any atom is 0.407 e. The minimum Gasteiger partial charge on any atom is -0.445 e. The molecule has 0 bridgehead atoms. The Morgan fingerprint density at radius 3 is 2.33 bits per heavy atom. The standard InChI is InChI=1S/C35H39N5O5/c1-24(41)38-30-20-28-27-16-8-9-17-29(27)39-31(28)22-40(34(30)43)32(33(42)37-21-25-12-4-2-5-13-25)18-10-11-19-36-35(44)45-23-26-14-6-3-7-15-26/h2-9,12-17,30,32,39H,10-11,18-23H2,1H3,(H,36,44)(H,37,42)(H,38,41)/t30-,32+/m1/s1. The van der Waals surface area contributed by atoms with E-state index in [1.165, 1.54) is 6.92 Å². The predicted octanol–water partition coefficient (Wildman–Crippen LogP) is 4.34. The van der Waals surface area contributed by atoms with Gasteiger partial charge in [0.15, 0.2) is 0 Å². The first kappa shape index (κ1) is 31.3. The van der Waals surface area contributed by atoms with Gasteiger partial charge < -0.3 is 30.6 Å². The van der Waals surface area contributed by atoms with Crippen LogP contribution in [0, 0.1) is 0 Å². The van der Waals surface area contributed by atoms with Gasteiger partial charge >= 0.3 is 6.09 Å². The number of ether oxygens (including phenoxy) is 1. The largest absolute Gasteiger partial charge is 0.445 e. The topological polar surface area (TPSA) is 133 Å². The summed E-state index contributed by atoms with van der Waals surface area (Å²) in [7, 11) is 0. The van der Waals surface area contributed by atoms with Crippen molar-refractivity contribution >= 4 is 34.7 Å². The molecule has 0 fully saturated rings. The zero-order valence-electron chi connectivity index (χ0n) is 25.4. The second-order valence-electron chi connectivity index (χ2n) is 11.3. The highest BCUT2D eigenvalue weighted by molar-refractivity contribution is 5.94. The molecule has 1 aliphatic rings. The molecule has 2 atom stereocenters. The Kier molecular flexibility index (Phi) is 10.5. The third kappa shape index (κ3) is 8.29. The van der Waals surface area contributed by atoms with E-state index in [4.69, 9.17) is 4.74 Å². The van der Waals surface area contributed by atoms with Gasteiger partial charge in [0.25, 0.3) is 0 Å². The lowest BCUT2D eigenvalue weighted by Gasteiger charge is -2.32. The predicted molar refractivity (Wildman–Crippen MR) is 171 cm³/mol. The summed E-state index contributed by atoms with van der Waals surface area (Å²) in [5, 5.41) is 9.59. The fourth-order valence-electron chi connectivity index (χ4n) is 5.74. The maximum atomic E-state index is 14.0. The summed E-state index contributed by atoms with van der Waals surface area (Å²) in [5.41, 5.74) is 4.59. The molecule has 1 aliphatic heterocycles. The smallest absolute Gasteiger partial charge is 0.407 e. The summed E-state index contributed by atoms with van der Waals surface area (Å²) in [5.74, 6) is -0.892. The second kappa shape index (κ2) is 15.1. The van der Waals surface area contributed by atoms with Crippen LogP contribution in [0.1, 0.15) is 48.6 Å². The molecule has 0 unspecified atom stereocenters. The van der Waals surface area contributed by atoms with Crippen LogP contribution in [-0.2, 0) is 45.2 Å². The second-order valence-corrected chi connectivity index (χ2v) is 11.3. The van der Waals surface area contributed by atoms with Crippen LogP contribution in [0.2, 0.25) is 0 Å². The number of hydrogen-bond acceptors (Lipinski definition) is 5. The van der Waals surface area contributed by atoms with Crippen LogP contribution in [0.15, 0.2) is 84.9 Å². The van der Waals surface area contributed by atoms with Crippen molar-refractivity contribution < 1.29 is 23.9 Å². The number of rotatable bonds is 12. The third-order valence-electron chi connectivity index (χ3n) is 7.97. The first-order valence-corrected chi connectivity index (χ1v) is 15.3. The van der Waals surface area contributed by atoms with Gasteiger partial charge in [-0.3, -0.25) is 14.4 Å². The lowest BCUT2D eigenvalue weighted by atomic mass is 10.0. The number of unbranched alkanes of at least 4 members (excludes halogenated alkanes) is 1. The Morgan fingerprint density at radius 2 is 1.60 bits per heavy atom. The van der Waals surface area contributed by atoms with Crippen molar-refractivity contribution in [2.75, 3.05) is 6.54 Å². The van der Waals surface area contributed by atoms with Crippen molar-refractivity contribution in [3.05, 3.63) is 107 Å². The van der Waals surface area contributed by atoms with Crippen molar-refractivity contribution in [3.63, 3.8) is 0 Å². The van der Waals surface area contributed by atoms with E-state index < -0.39 is 18.2 Å². The van der Waals surface area contributed by atoms with Crippen molar-refractivity contribution in [2.24, 2.45) is 0 Å². The first-order chi connectivity index (χ1) is 21.9. The van der Waals surface area contributed by atoms with E-state index in [9.17, 15) is 19.2 Å². The molecule has 4 N–H and O–H groups in total. The summed E-state index contributed by atoms with van der Waals surface area (Å²) in [4.78, 5) is 57.2. The molecular weight excluding hydrogens is 570 g/mol. The Balaban J connectivity index is 1.29. The molecule has 10 nitrogen and oxygen atoms in total. The molecule has 234 valence electrons. The molecule has 0 radical (unpaired) electrons. The van der Waals surface area contributed by atoms with Gasteiger partial charge in [0.2, 0.25) is 17.7 Å². The van der Waals surface area contributed by atoms with Gasteiger partial charge in [-0.05, 0) is 42.0 Å². The number of hydrogen-bond donors (Lipinski definition) is 4. The van der Waals surface area contributed by atoms with Gasteiger partial charge in [-0.2, -0.15) is 0 Å². The highest BCUT2D eigenvalue weighted by Gasteiger charge is 2.38. The van der Waals surface area contributed by atoms with Gasteiger partial charge in [-0.15, -0.1) is 0 Å². The van der Waals surface area contributed by atoms with Crippen molar-refractivity contribution in [1.29, 1.82) is 0 Å². The number of nitrogens with zero attached hydrogens (tertiary/aromatic N) is 1. The maximum absolute atomic E-state index is 14.0. The fourth-order valence-corrected chi connectivity index (χ4v) is 5.74. The van der Waals surface area contributed by atoms with Crippen LogP contribution in [0.4, 0.5) is 4.79 Å². The van der Waals surface area contributed by atoms with E-state index in [0.29, 0.717) is 38.8 Å². The molecule has 45 heavy (non-hydrogen) atoms. The summed E-state index contributed by atoms with van der Waals surface area (Å²) in [6.07, 6.45) is 1.33. The summed E-state index contributed by atoms with van der Waals surface area (Å²) < 4.78 is 5.29. The number of amides is 4. The lowest BCUT2D eigenvalue weighted by Crippen LogP contribution is -2.54. The SMILES string of the molecule is CC(=O)N[C@@H]1Cc2c([nH]c3ccccc23)CN([C@@H](CCCCNC(=O)OCc2ccccc2)C(=O)NCc2ccccc2)C1=O. The van der Waals surface area contributed by atoms with Gasteiger partial charge in [-0.25, -0.2) is 4.79 Å². The van der Waals surface area contributed by atoms with Gasteiger partial charge in [0.1, 0.15) is 18.7 Å². The Labute approximate surface area is 262 Å². The average molecular weight is 610 g/mol. The summed E-state index contributed by atoms with van der Waals surface area (Å²) >= 11 is 0. The summed E-state index contributed by atoms with van der Waals surface area (Å²) in [6.45, 7) is 2.45. The molecule has 4 amide bonds. The number of fused-ring (bicyclic) bond motifs is 3. The molecule has 0 aliphatic carbocycles. The first-order valence-electron chi connectivity index (χ1n) is 15.3. The van der Waals surface area contributed by atoms with E-state index in [2.05, 4.69) is 20.9 Å². The van der Waals surface area contributed by atoms with Gasteiger partial charge in [0, 0.05) is 43.0 Å². The Morgan fingerprint density at radius 1 is 0.911 bits per heavy atom. The molecule has 0 saturated carbocycles. The van der Waals surface area contributed by atoms with E-state index in [0.717, 1.165) is 33.3 Å². The molecule has 10 heteroatoms. The molecule has 3 aromatic carbocycles. The molecule has 2 heterocycles. The number of benzene rings is 3. The average Bonchev–Trinajstić information content (AvgIpc) is 3.33. The third-order valence-corrected chi connectivity index (χ3v) is 7.97. The van der Waals surface area contributed by atoms with Crippen molar-refractivity contribution in [3.8, 4) is 0 Å². The highest BCUT2D eigenvalue weighted by Crippen LogP contribution is 2.29. The molecule has 5 rings (SSSR count). The van der Waals surface area contributed by atoms with E-state index >= 15 is 0 Å². The number of carbonyl (C=O) groups excluding carboxylic acids is 4. The quantitative estimate of drug-likeness (QED) is 0.178. The number of para-hydroxylation sites is 1. The van der Waals surface area contributed by atoms with Crippen molar-refractivity contribution in [2.45, 2.75) is 64.4 Å². The fraction of sp³-hybridized carbons (Fsp3) is 0.314.